The van der Waals surface area contributed by atoms with Crippen molar-refractivity contribution in [3.8, 4) is 0 Å². The highest BCUT2D eigenvalue weighted by Crippen LogP contribution is 2.15. The largest absolute Gasteiger partial charge is 0.394 e. The van der Waals surface area contributed by atoms with Crippen LogP contribution < -0.4 is 16.0 Å². The topological polar surface area (TPSA) is 90.5 Å². The van der Waals surface area contributed by atoms with Crippen molar-refractivity contribution in [2.75, 3.05) is 17.2 Å². The lowest BCUT2D eigenvalue weighted by molar-refractivity contribution is -0.122. The average Bonchev–Trinajstić information content (AvgIpc) is 2.55. The molecule has 144 valence electrons. The molecule has 0 unspecified atom stereocenters. The predicted molar refractivity (Wildman–Crippen MR) is 108 cm³/mol. The van der Waals surface area contributed by atoms with Crippen LogP contribution in [0.1, 0.15) is 30.5 Å². The van der Waals surface area contributed by atoms with E-state index in [0.717, 1.165) is 22.4 Å². The molecule has 2 rings (SSSR count). The normalized spacial score (nSPS) is 11.0. The van der Waals surface area contributed by atoms with E-state index in [2.05, 4.69) is 16.0 Å². The summed E-state index contributed by atoms with van der Waals surface area (Å²) in [4.78, 5) is 24.2. The molecule has 2 aromatic carbocycles. The maximum atomic E-state index is 12.1. The second kappa shape index (κ2) is 8.68. The quantitative estimate of drug-likeness (QED) is 0.629. The molecule has 6 heteroatoms. The van der Waals surface area contributed by atoms with Crippen LogP contribution in [0.4, 0.5) is 16.2 Å². The first kappa shape index (κ1) is 20.5. The number of aryl methyl sites for hydroxylation is 2. The number of urea groups is 1. The molecule has 0 aromatic heterocycles. The maximum Gasteiger partial charge on any atom is 0.323 e. The number of amides is 3. The number of benzene rings is 2. The molecule has 2 aromatic rings. The van der Waals surface area contributed by atoms with Crippen molar-refractivity contribution in [3.63, 3.8) is 0 Å². The molecule has 0 aliphatic heterocycles. The highest BCUT2D eigenvalue weighted by Gasteiger charge is 2.18. The zero-order valence-electron chi connectivity index (χ0n) is 16.2. The van der Waals surface area contributed by atoms with Gasteiger partial charge in [0.1, 0.15) is 0 Å². The van der Waals surface area contributed by atoms with Gasteiger partial charge in [0.15, 0.2) is 0 Å². The Labute approximate surface area is 160 Å². The number of anilines is 2. The van der Waals surface area contributed by atoms with Gasteiger partial charge in [-0.25, -0.2) is 4.79 Å². The van der Waals surface area contributed by atoms with Gasteiger partial charge in [0.05, 0.1) is 18.6 Å². The molecular weight excluding hydrogens is 342 g/mol. The van der Waals surface area contributed by atoms with Gasteiger partial charge in [-0.1, -0.05) is 18.2 Å². The van der Waals surface area contributed by atoms with Crippen molar-refractivity contribution in [1.82, 2.24) is 5.32 Å². The molecule has 3 amide bonds. The molecule has 0 fully saturated rings. The third-order valence-electron chi connectivity index (χ3n) is 3.93. The van der Waals surface area contributed by atoms with E-state index in [1.165, 1.54) is 0 Å². The maximum absolute atomic E-state index is 12.1. The Morgan fingerprint density at radius 3 is 2.04 bits per heavy atom. The van der Waals surface area contributed by atoms with Crippen LogP contribution in [-0.4, -0.2) is 29.2 Å². The number of hydrogen-bond donors (Lipinski definition) is 4. The molecule has 6 nitrogen and oxygen atoms in total. The first-order valence-electron chi connectivity index (χ1n) is 8.84. The molecule has 0 heterocycles. The number of aliphatic hydroxyl groups is 1. The highest BCUT2D eigenvalue weighted by molar-refractivity contribution is 5.99. The molecule has 0 saturated heterocycles. The summed E-state index contributed by atoms with van der Waals surface area (Å²) >= 11 is 0. The smallest absolute Gasteiger partial charge is 0.323 e. The fraction of sp³-hybridized carbons (Fsp3) is 0.333. The lowest BCUT2D eigenvalue weighted by Crippen LogP contribution is -2.46. The Morgan fingerprint density at radius 2 is 1.48 bits per heavy atom. The van der Waals surface area contributed by atoms with Gasteiger partial charge in [0.25, 0.3) is 0 Å². The van der Waals surface area contributed by atoms with E-state index in [-0.39, 0.29) is 25.0 Å². The van der Waals surface area contributed by atoms with E-state index in [1.807, 2.05) is 32.0 Å². The number of rotatable bonds is 6. The second-order valence-electron chi connectivity index (χ2n) is 7.42. The molecule has 0 atom stereocenters. The lowest BCUT2D eigenvalue weighted by Gasteiger charge is -2.23. The zero-order chi connectivity index (χ0) is 20.0. The third kappa shape index (κ3) is 6.75. The van der Waals surface area contributed by atoms with Crippen molar-refractivity contribution in [3.05, 3.63) is 59.2 Å². The van der Waals surface area contributed by atoms with Crippen LogP contribution in [0.3, 0.4) is 0 Å². The fourth-order valence-electron chi connectivity index (χ4n) is 2.69. The van der Waals surface area contributed by atoms with Gasteiger partial charge in [-0.2, -0.15) is 0 Å². The van der Waals surface area contributed by atoms with E-state index in [9.17, 15) is 14.7 Å². The van der Waals surface area contributed by atoms with Crippen LogP contribution in [0.5, 0.6) is 0 Å². The molecule has 0 aliphatic rings. The Morgan fingerprint density at radius 1 is 0.926 bits per heavy atom. The van der Waals surface area contributed by atoms with Crippen LogP contribution in [0.25, 0.3) is 0 Å². The molecule has 0 aliphatic carbocycles. The van der Waals surface area contributed by atoms with Crippen LogP contribution in [0, 0.1) is 13.8 Å². The predicted octanol–water partition coefficient (Wildman–Crippen LogP) is 3.38. The molecule has 0 spiro atoms. The molecule has 0 bridgehead atoms. The molecule has 0 saturated carbocycles. The number of hydrogen-bond acceptors (Lipinski definition) is 3. The van der Waals surface area contributed by atoms with Gasteiger partial charge in [-0.3, -0.25) is 4.79 Å². The standard InChI is InChI=1S/C21H27N3O3/c1-14-9-15(2)11-18(10-14)23-20(27)22-17-7-5-16(6-8-17)12-19(26)24-21(3,4)13-25/h5-11,25H,12-13H2,1-4H3,(H,24,26)(H2,22,23,27). The second-order valence-corrected chi connectivity index (χ2v) is 7.42. The SMILES string of the molecule is Cc1cc(C)cc(NC(=O)Nc2ccc(CC(=O)NC(C)(C)CO)cc2)c1. The summed E-state index contributed by atoms with van der Waals surface area (Å²) in [6, 6.07) is 12.6. The first-order chi connectivity index (χ1) is 12.7. The van der Waals surface area contributed by atoms with Gasteiger partial charge >= 0.3 is 6.03 Å². The Kier molecular flexibility index (Phi) is 6.58. The van der Waals surface area contributed by atoms with E-state index in [4.69, 9.17) is 0 Å². The summed E-state index contributed by atoms with van der Waals surface area (Å²) in [5.41, 5.74) is 3.71. The van der Waals surface area contributed by atoms with E-state index < -0.39 is 5.54 Å². The minimum absolute atomic E-state index is 0.128. The summed E-state index contributed by atoms with van der Waals surface area (Å²) < 4.78 is 0. The van der Waals surface area contributed by atoms with Crippen LogP contribution in [0.15, 0.2) is 42.5 Å². The lowest BCUT2D eigenvalue weighted by atomic mass is 10.1. The van der Waals surface area contributed by atoms with Crippen LogP contribution in [0.2, 0.25) is 0 Å². The molecular formula is C21H27N3O3. The average molecular weight is 369 g/mol. The van der Waals surface area contributed by atoms with Crippen LogP contribution >= 0.6 is 0 Å². The number of carbonyl (C=O) groups is 2. The van der Waals surface area contributed by atoms with Crippen molar-refractivity contribution < 1.29 is 14.7 Å². The minimum Gasteiger partial charge on any atom is -0.394 e. The summed E-state index contributed by atoms with van der Waals surface area (Å²) in [7, 11) is 0. The molecule has 0 radical (unpaired) electrons. The number of aliphatic hydroxyl groups excluding tert-OH is 1. The van der Waals surface area contributed by atoms with Crippen molar-refractivity contribution in [2.24, 2.45) is 0 Å². The fourth-order valence-corrected chi connectivity index (χ4v) is 2.69. The number of nitrogens with one attached hydrogen (secondary N) is 3. The summed E-state index contributed by atoms with van der Waals surface area (Å²) in [6.07, 6.45) is 0.207. The van der Waals surface area contributed by atoms with E-state index in [0.29, 0.717) is 5.69 Å². The van der Waals surface area contributed by atoms with Crippen molar-refractivity contribution >= 4 is 23.3 Å². The van der Waals surface area contributed by atoms with Gasteiger partial charge in [-0.15, -0.1) is 0 Å². The Balaban J connectivity index is 1.91. The minimum atomic E-state index is -0.648. The van der Waals surface area contributed by atoms with Gasteiger partial charge in [0.2, 0.25) is 5.91 Å². The van der Waals surface area contributed by atoms with E-state index >= 15 is 0 Å². The van der Waals surface area contributed by atoms with Crippen LogP contribution in [-0.2, 0) is 11.2 Å². The monoisotopic (exact) mass is 369 g/mol. The number of carbonyl (C=O) groups excluding carboxylic acids is 2. The molecule has 27 heavy (non-hydrogen) atoms. The Hall–Kier alpha value is -2.86. The zero-order valence-corrected chi connectivity index (χ0v) is 16.2. The highest BCUT2D eigenvalue weighted by atomic mass is 16.3. The Bertz CT molecular complexity index is 794. The third-order valence-corrected chi connectivity index (χ3v) is 3.93. The van der Waals surface area contributed by atoms with Gasteiger partial charge < -0.3 is 21.1 Å². The van der Waals surface area contributed by atoms with Crippen molar-refractivity contribution in [2.45, 2.75) is 39.7 Å². The van der Waals surface area contributed by atoms with Gasteiger partial charge in [0, 0.05) is 11.4 Å². The van der Waals surface area contributed by atoms with E-state index in [1.54, 1.807) is 38.1 Å². The van der Waals surface area contributed by atoms with Gasteiger partial charge in [-0.05, 0) is 68.7 Å². The first-order valence-corrected chi connectivity index (χ1v) is 8.84. The summed E-state index contributed by atoms with van der Waals surface area (Å²) in [6.45, 7) is 7.34. The van der Waals surface area contributed by atoms with Crippen molar-refractivity contribution in [1.29, 1.82) is 0 Å². The summed E-state index contributed by atoms with van der Waals surface area (Å²) in [5, 5.41) is 17.6. The molecule has 4 N–H and O–H groups in total. The summed E-state index contributed by atoms with van der Waals surface area (Å²) in [5.74, 6) is -0.165.